The van der Waals surface area contributed by atoms with Gasteiger partial charge in [0.05, 0.1) is 4.47 Å². The summed E-state index contributed by atoms with van der Waals surface area (Å²) in [7, 11) is 0. The number of amides is 2. The Bertz CT molecular complexity index is 1180. The second kappa shape index (κ2) is 12.6. The molecule has 0 radical (unpaired) electrons. The number of ether oxygens (including phenoxy) is 1. The number of carbonyl (C=O) groups is 2. The van der Waals surface area contributed by atoms with Crippen LogP contribution in [0.4, 0.5) is 0 Å². The summed E-state index contributed by atoms with van der Waals surface area (Å²) in [5, 5.41) is 4.19. The molecule has 8 heteroatoms. The molecule has 5 nitrogen and oxygen atoms in total. The van der Waals surface area contributed by atoms with E-state index < -0.39 is 11.6 Å². The maximum absolute atomic E-state index is 13.6. The molecule has 190 valence electrons. The van der Waals surface area contributed by atoms with E-state index in [1.807, 2.05) is 63.2 Å². The molecule has 2 amide bonds. The van der Waals surface area contributed by atoms with E-state index in [1.54, 1.807) is 35.2 Å². The van der Waals surface area contributed by atoms with Gasteiger partial charge in [0.25, 0.3) is 5.91 Å². The molecule has 0 aliphatic rings. The van der Waals surface area contributed by atoms with E-state index in [2.05, 4.69) is 21.2 Å². The number of nitrogens with zero attached hydrogens (tertiary/aromatic N) is 1. The minimum absolute atomic E-state index is 0.218. The fourth-order valence-corrected chi connectivity index (χ4v) is 4.53. The summed E-state index contributed by atoms with van der Waals surface area (Å²) in [5.74, 6) is -0.0731. The molecule has 0 spiro atoms. The number of nitrogens with one attached hydrogen (secondary N) is 1. The Hall–Kier alpha value is -2.54. The van der Waals surface area contributed by atoms with Crippen LogP contribution in [-0.2, 0) is 22.6 Å². The average Bonchev–Trinajstić information content (AvgIpc) is 2.81. The molecule has 0 heterocycles. The van der Waals surface area contributed by atoms with Gasteiger partial charge in [0, 0.05) is 28.5 Å². The minimum atomic E-state index is -0.757. The molecule has 0 saturated carbocycles. The first-order valence-electron chi connectivity index (χ1n) is 11.5. The van der Waals surface area contributed by atoms with Crippen molar-refractivity contribution < 1.29 is 14.3 Å². The lowest BCUT2D eigenvalue weighted by Gasteiger charge is -2.33. The Morgan fingerprint density at radius 3 is 2.19 bits per heavy atom. The van der Waals surface area contributed by atoms with Gasteiger partial charge < -0.3 is 15.0 Å². The van der Waals surface area contributed by atoms with Crippen molar-refractivity contribution in [3.05, 3.63) is 98.4 Å². The van der Waals surface area contributed by atoms with Gasteiger partial charge in [-0.05, 0) is 78.2 Å². The number of carbonyl (C=O) groups excluding carboxylic acids is 2. The van der Waals surface area contributed by atoms with Gasteiger partial charge in [0.15, 0.2) is 6.61 Å². The molecule has 3 aromatic carbocycles. The lowest BCUT2D eigenvalue weighted by Crippen LogP contribution is -2.55. The van der Waals surface area contributed by atoms with Crippen LogP contribution in [0.15, 0.2) is 77.3 Å². The molecule has 0 bridgehead atoms. The molecule has 0 aliphatic carbocycles. The van der Waals surface area contributed by atoms with Crippen LogP contribution in [0.2, 0.25) is 10.0 Å². The van der Waals surface area contributed by atoms with E-state index in [-0.39, 0.29) is 25.0 Å². The van der Waals surface area contributed by atoms with Crippen molar-refractivity contribution in [2.24, 2.45) is 0 Å². The van der Waals surface area contributed by atoms with Gasteiger partial charge in [-0.15, -0.1) is 0 Å². The van der Waals surface area contributed by atoms with Crippen LogP contribution >= 0.6 is 39.1 Å². The van der Waals surface area contributed by atoms with E-state index in [0.29, 0.717) is 26.7 Å². The Morgan fingerprint density at radius 2 is 1.58 bits per heavy atom. The zero-order chi connectivity index (χ0) is 26.3. The van der Waals surface area contributed by atoms with Gasteiger partial charge >= 0.3 is 0 Å². The molecule has 0 aliphatic heterocycles. The lowest BCUT2D eigenvalue weighted by molar-refractivity contribution is -0.143. The number of hydrogen-bond donors (Lipinski definition) is 1. The predicted molar refractivity (Wildman–Crippen MR) is 148 cm³/mol. The molecule has 0 unspecified atom stereocenters. The first-order valence-corrected chi connectivity index (χ1v) is 13.0. The van der Waals surface area contributed by atoms with Crippen molar-refractivity contribution in [3.8, 4) is 5.75 Å². The zero-order valence-electron chi connectivity index (χ0n) is 20.4. The van der Waals surface area contributed by atoms with Crippen molar-refractivity contribution in [3.63, 3.8) is 0 Å². The number of halogens is 3. The monoisotopic (exact) mass is 590 g/mol. The van der Waals surface area contributed by atoms with Crippen LogP contribution in [0.5, 0.6) is 5.75 Å². The molecule has 1 N–H and O–H groups in total. The van der Waals surface area contributed by atoms with Crippen molar-refractivity contribution in [1.29, 1.82) is 0 Å². The summed E-state index contributed by atoms with van der Waals surface area (Å²) in [6.07, 6.45) is 0.354. The molecule has 1 atom stereocenters. The molecule has 3 aromatic rings. The average molecular weight is 592 g/mol. The summed E-state index contributed by atoms with van der Waals surface area (Å²) in [6.45, 7) is 5.71. The van der Waals surface area contributed by atoms with Crippen LogP contribution in [-0.4, -0.2) is 34.9 Å². The zero-order valence-corrected chi connectivity index (χ0v) is 23.5. The Balaban J connectivity index is 1.93. The van der Waals surface area contributed by atoms with E-state index >= 15 is 0 Å². The Morgan fingerprint density at radius 1 is 0.944 bits per heavy atom. The van der Waals surface area contributed by atoms with E-state index in [9.17, 15) is 9.59 Å². The number of benzene rings is 3. The summed E-state index contributed by atoms with van der Waals surface area (Å²) >= 11 is 15.5. The topological polar surface area (TPSA) is 58.6 Å². The third kappa shape index (κ3) is 8.54. The normalized spacial score (nSPS) is 12.1. The highest BCUT2D eigenvalue weighted by atomic mass is 79.9. The first kappa shape index (κ1) is 28.0. The van der Waals surface area contributed by atoms with E-state index in [0.717, 1.165) is 11.1 Å². The van der Waals surface area contributed by atoms with Gasteiger partial charge in [0.2, 0.25) is 5.91 Å². The van der Waals surface area contributed by atoms with Crippen molar-refractivity contribution in [2.75, 3.05) is 6.61 Å². The van der Waals surface area contributed by atoms with Crippen LogP contribution < -0.4 is 10.1 Å². The highest BCUT2D eigenvalue weighted by Gasteiger charge is 2.32. The Labute approximate surface area is 230 Å². The van der Waals surface area contributed by atoms with Crippen LogP contribution in [0, 0.1) is 0 Å². The Kier molecular flexibility index (Phi) is 9.83. The molecular weight excluding hydrogens is 563 g/mol. The van der Waals surface area contributed by atoms with Gasteiger partial charge in [-0.2, -0.15) is 0 Å². The molecule has 0 aromatic heterocycles. The third-order valence-corrected chi connectivity index (χ3v) is 6.39. The second-order valence-corrected chi connectivity index (χ2v) is 11.2. The maximum atomic E-state index is 13.6. The molecule has 0 fully saturated rings. The fraction of sp³-hybridized carbons (Fsp3) is 0.286. The second-order valence-electron chi connectivity index (χ2n) is 9.46. The van der Waals surface area contributed by atoms with Crippen molar-refractivity contribution >= 4 is 50.9 Å². The summed E-state index contributed by atoms with van der Waals surface area (Å²) in [4.78, 5) is 28.7. The van der Waals surface area contributed by atoms with Gasteiger partial charge in [-0.3, -0.25) is 9.59 Å². The third-order valence-electron chi connectivity index (χ3n) is 5.28. The summed E-state index contributed by atoms with van der Waals surface area (Å²) in [5.41, 5.74) is 1.33. The lowest BCUT2D eigenvalue weighted by atomic mass is 10.0. The van der Waals surface area contributed by atoms with Gasteiger partial charge in [-0.25, -0.2) is 0 Å². The van der Waals surface area contributed by atoms with Gasteiger partial charge in [0.1, 0.15) is 11.8 Å². The maximum Gasteiger partial charge on any atom is 0.261 e. The van der Waals surface area contributed by atoms with Gasteiger partial charge in [-0.1, -0.05) is 65.7 Å². The SMILES string of the molecule is CC(C)(C)NC(=O)[C@@H](Cc1ccccc1)N(Cc1ccc(Cl)cc1)C(=O)COc1ccc(Cl)cc1Br. The predicted octanol–water partition coefficient (Wildman–Crippen LogP) is 6.69. The summed E-state index contributed by atoms with van der Waals surface area (Å²) < 4.78 is 6.46. The number of rotatable bonds is 9. The first-order chi connectivity index (χ1) is 17.0. The minimum Gasteiger partial charge on any atom is -0.483 e. The van der Waals surface area contributed by atoms with Crippen molar-refractivity contribution in [2.45, 2.75) is 45.3 Å². The fourth-order valence-electron chi connectivity index (χ4n) is 3.61. The highest BCUT2D eigenvalue weighted by Crippen LogP contribution is 2.28. The number of hydrogen-bond acceptors (Lipinski definition) is 3. The van der Waals surface area contributed by atoms with Crippen molar-refractivity contribution in [1.82, 2.24) is 10.2 Å². The smallest absolute Gasteiger partial charge is 0.261 e. The van der Waals surface area contributed by atoms with Crippen LogP contribution in [0.25, 0.3) is 0 Å². The van der Waals surface area contributed by atoms with Crippen LogP contribution in [0.1, 0.15) is 31.9 Å². The summed E-state index contributed by atoms with van der Waals surface area (Å²) in [6, 6.07) is 21.2. The molecule has 36 heavy (non-hydrogen) atoms. The van der Waals surface area contributed by atoms with E-state index in [1.165, 1.54) is 0 Å². The largest absolute Gasteiger partial charge is 0.483 e. The molecular formula is C28H29BrCl2N2O3. The standard InChI is InChI=1S/C28H29BrCl2N2O3/c1-28(2,3)32-27(35)24(15-19-7-5-4-6-8-19)33(17-20-9-11-21(30)12-10-20)26(34)18-36-25-14-13-22(31)16-23(25)29/h4-14,16,24H,15,17-18H2,1-3H3,(H,32,35)/t24-/m1/s1. The van der Waals surface area contributed by atoms with E-state index in [4.69, 9.17) is 27.9 Å². The highest BCUT2D eigenvalue weighted by molar-refractivity contribution is 9.10. The molecule has 0 saturated heterocycles. The van der Waals surface area contributed by atoms with Crippen LogP contribution in [0.3, 0.4) is 0 Å². The molecule has 3 rings (SSSR count). The quantitative estimate of drug-likeness (QED) is 0.302.